The highest BCUT2D eigenvalue weighted by atomic mass is 32.2. The van der Waals surface area contributed by atoms with Crippen LogP contribution in [0.1, 0.15) is 18.1 Å². The summed E-state index contributed by atoms with van der Waals surface area (Å²) in [5, 5.41) is 19.4. The molecule has 0 N–H and O–H groups in total. The van der Waals surface area contributed by atoms with Crippen molar-refractivity contribution in [3.8, 4) is 16.5 Å². The Labute approximate surface area is 174 Å². The summed E-state index contributed by atoms with van der Waals surface area (Å²) in [6.45, 7) is 3.47. The molecule has 29 heavy (non-hydrogen) atoms. The number of thioether (sulfide) groups is 1. The zero-order valence-corrected chi connectivity index (χ0v) is 17.5. The van der Waals surface area contributed by atoms with E-state index in [1.165, 1.54) is 42.2 Å². The van der Waals surface area contributed by atoms with Crippen molar-refractivity contribution in [1.82, 2.24) is 10.2 Å². The monoisotopic (exact) mass is 431 g/mol. The second-order valence-electron chi connectivity index (χ2n) is 6.02. The van der Waals surface area contributed by atoms with Crippen LogP contribution in [-0.4, -0.2) is 33.8 Å². The molecular weight excluding hydrogens is 414 g/mol. The predicted molar refractivity (Wildman–Crippen MR) is 111 cm³/mol. The molecule has 0 unspecified atom stereocenters. The summed E-state index contributed by atoms with van der Waals surface area (Å²) in [4.78, 5) is 21.9. The molecule has 0 aliphatic heterocycles. The van der Waals surface area contributed by atoms with Gasteiger partial charge >= 0.3 is 5.88 Å². The first-order chi connectivity index (χ1) is 13.9. The number of carbonyl (C=O) groups excluding carboxylic acids is 1. The number of aromatic nitrogens is 2. The smallest absolute Gasteiger partial charge is 0.433 e. The summed E-state index contributed by atoms with van der Waals surface area (Å²) in [5.41, 5.74) is 2.83. The van der Waals surface area contributed by atoms with Gasteiger partial charge in [-0.3, -0.25) is 14.9 Å². The number of carbonyl (C=O) groups is 1. The Balaban J connectivity index is 1.78. The van der Waals surface area contributed by atoms with Gasteiger partial charge in [0, 0.05) is 5.75 Å². The number of aryl methyl sites for hydroxylation is 1. The number of benzene rings is 1. The average molecular weight is 431 g/mol. The number of nitro groups is 1. The fourth-order valence-electron chi connectivity index (χ4n) is 2.61. The van der Waals surface area contributed by atoms with Gasteiger partial charge in [0.2, 0.25) is 0 Å². The third kappa shape index (κ3) is 5.09. The molecule has 8 nitrogen and oxygen atoms in total. The Morgan fingerprint density at radius 3 is 2.76 bits per heavy atom. The number of rotatable bonds is 8. The number of ether oxygens (including phenoxy) is 1. The SMILES string of the molecule is COc1ccc(C(=CC(C)=O)CSc2nnc(-c3ccc([N+](=O)[O-])o3)s2)c(C)c1. The number of ketones is 1. The molecule has 0 atom stereocenters. The van der Waals surface area contributed by atoms with Crippen molar-refractivity contribution in [3.05, 3.63) is 57.6 Å². The first kappa shape index (κ1) is 20.7. The van der Waals surface area contributed by atoms with Crippen LogP contribution in [0.2, 0.25) is 0 Å². The third-order valence-corrected chi connectivity index (χ3v) is 6.02. The molecule has 150 valence electrons. The van der Waals surface area contributed by atoms with Gasteiger partial charge in [0.1, 0.15) is 10.7 Å². The lowest BCUT2D eigenvalue weighted by atomic mass is 10.0. The van der Waals surface area contributed by atoms with Crippen molar-refractivity contribution in [2.45, 2.75) is 18.2 Å². The molecule has 0 fully saturated rings. The third-order valence-electron chi connectivity index (χ3n) is 3.90. The standard InChI is InChI=1S/C19H17N3O5S2/c1-11-8-14(26-3)4-5-15(11)13(9-12(2)23)10-28-19-21-20-18(29-19)16-6-7-17(27-16)22(24)25/h4-9H,10H2,1-3H3. The lowest BCUT2D eigenvalue weighted by Gasteiger charge is -2.11. The van der Waals surface area contributed by atoms with Gasteiger partial charge in [0.25, 0.3) is 0 Å². The predicted octanol–water partition coefficient (Wildman–Crippen LogP) is 4.79. The van der Waals surface area contributed by atoms with Crippen molar-refractivity contribution in [3.63, 3.8) is 0 Å². The Morgan fingerprint density at radius 2 is 2.14 bits per heavy atom. The van der Waals surface area contributed by atoms with Crippen LogP contribution < -0.4 is 4.74 Å². The minimum atomic E-state index is -0.601. The highest BCUT2D eigenvalue weighted by Crippen LogP contribution is 2.34. The zero-order valence-electron chi connectivity index (χ0n) is 15.9. The van der Waals surface area contributed by atoms with E-state index in [1.54, 1.807) is 13.2 Å². The molecule has 1 aromatic carbocycles. The van der Waals surface area contributed by atoms with E-state index in [4.69, 9.17) is 9.15 Å². The summed E-state index contributed by atoms with van der Waals surface area (Å²) in [6, 6.07) is 8.48. The molecule has 0 spiro atoms. The molecule has 0 radical (unpaired) electrons. The maximum absolute atomic E-state index is 11.7. The lowest BCUT2D eigenvalue weighted by molar-refractivity contribution is -0.401. The van der Waals surface area contributed by atoms with E-state index in [0.29, 0.717) is 20.9 Å². The van der Waals surface area contributed by atoms with E-state index in [0.717, 1.165) is 22.4 Å². The van der Waals surface area contributed by atoms with E-state index in [2.05, 4.69) is 10.2 Å². The topological polar surface area (TPSA) is 108 Å². The summed E-state index contributed by atoms with van der Waals surface area (Å²) in [7, 11) is 1.61. The van der Waals surface area contributed by atoms with Crippen LogP contribution in [0.15, 0.2) is 45.2 Å². The van der Waals surface area contributed by atoms with Gasteiger partial charge in [0.05, 0.1) is 13.2 Å². The van der Waals surface area contributed by atoms with Crippen LogP contribution in [-0.2, 0) is 4.79 Å². The van der Waals surface area contributed by atoms with E-state index in [-0.39, 0.29) is 11.7 Å². The zero-order chi connectivity index (χ0) is 21.0. The first-order valence-corrected chi connectivity index (χ1v) is 10.2. The number of furan rings is 1. The molecule has 0 aliphatic carbocycles. The fourth-order valence-corrected chi connectivity index (χ4v) is 4.42. The molecule has 2 aromatic heterocycles. The van der Waals surface area contributed by atoms with Crippen LogP contribution in [0.4, 0.5) is 5.88 Å². The largest absolute Gasteiger partial charge is 0.497 e. The summed E-state index contributed by atoms with van der Waals surface area (Å²) < 4.78 is 11.1. The minimum Gasteiger partial charge on any atom is -0.497 e. The van der Waals surface area contributed by atoms with Crippen LogP contribution >= 0.6 is 23.1 Å². The molecule has 3 aromatic rings. The molecule has 0 aliphatic rings. The quantitative estimate of drug-likeness (QED) is 0.217. The molecular formula is C19H17N3O5S2. The second-order valence-corrected chi connectivity index (χ2v) is 8.22. The van der Waals surface area contributed by atoms with Crippen LogP contribution in [0.25, 0.3) is 16.3 Å². The van der Waals surface area contributed by atoms with Crippen molar-refractivity contribution >= 4 is 40.3 Å². The number of nitrogens with zero attached hydrogens (tertiary/aromatic N) is 3. The number of methoxy groups -OCH3 is 1. The maximum atomic E-state index is 11.7. The molecule has 0 bridgehead atoms. The Bertz CT molecular complexity index is 1090. The normalized spacial score (nSPS) is 11.5. The van der Waals surface area contributed by atoms with Crippen molar-refractivity contribution in [2.24, 2.45) is 0 Å². The molecule has 10 heteroatoms. The van der Waals surface area contributed by atoms with E-state index in [9.17, 15) is 14.9 Å². The van der Waals surface area contributed by atoms with E-state index >= 15 is 0 Å². The number of hydrogen-bond donors (Lipinski definition) is 0. The lowest BCUT2D eigenvalue weighted by Crippen LogP contribution is -1.96. The Kier molecular flexibility index (Phi) is 6.45. The van der Waals surface area contributed by atoms with Gasteiger partial charge in [-0.1, -0.05) is 29.2 Å². The van der Waals surface area contributed by atoms with Crippen LogP contribution in [0.3, 0.4) is 0 Å². The molecule has 0 saturated heterocycles. The van der Waals surface area contributed by atoms with Gasteiger partial charge in [0.15, 0.2) is 20.9 Å². The van der Waals surface area contributed by atoms with Crippen LogP contribution in [0.5, 0.6) is 5.75 Å². The van der Waals surface area contributed by atoms with Gasteiger partial charge < -0.3 is 9.15 Å². The van der Waals surface area contributed by atoms with Gasteiger partial charge in [-0.05, 0) is 54.8 Å². The highest BCUT2D eigenvalue weighted by Gasteiger charge is 2.17. The second kappa shape index (κ2) is 9.01. The number of allylic oxidation sites excluding steroid dienone is 1. The first-order valence-electron chi connectivity index (χ1n) is 8.44. The van der Waals surface area contributed by atoms with E-state index < -0.39 is 4.92 Å². The fraction of sp³-hybridized carbons (Fsp3) is 0.211. The van der Waals surface area contributed by atoms with Gasteiger partial charge in [-0.2, -0.15) is 0 Å². The van der Waals surface area contributed by atoms with Gasteiger partial charge in [-0.25, -0.2) is 0 Å². The maximum Gasteiger partial charge on any atom is 0.433 e. The van der Waals surface area contributed by atoms with Crippen molar-refractivity contribution in [1.29, 1.82) is 0 Å². The number of hydrogen-bond acceptors (Lipinski definition) is 9. The molecule has 0 amide bonds. The molecule has 2 heterocycles. The highest BCUT2D eigenvalue weighted by molar-refractivity contribution is 8.01. The molecule has 3 rings (SSSR count). The summed E-state index contributed by atoms with van der Waals surface area (Å²) in [5.74, 6) is 1.18. The molecule has 0 saturated carbocycles. The minimum absolute atomic E-state index is 0.0448. The van der Waals surface area contributed by atoms with E-state index in [1.807, 2.05) is 25.1 Å². The van der Waals surface area contributed by atoms with Crippen LogP contribution in [0, 0.1) is 17.0 Å². The van der Waals surface area contributed by atoms with Crippen molar-refractivity contribution in [2.75, 3.05) is 12.9 Å². The summed E-state index contributed by atoms with van der Waals surface area (Å²) >= 11 is 2.70. The Hall–Kier alpha value is -2.98. The van der Waals surface area contributed by atoms with Gasteiger partial charge in [-0.15, -0.1) is 10.2 Å². The van der Waals surface area contributed by atoms with Crippen molar-refractivity contribution < 1.29 is 18.9 Å². The summed E-state index contributed by atoms with van der Waals surface area (Å²) in [6.07, 6.45) is 1.61. The Morgan fingerprint density at radius 1 is 1.34 bits per heavy atom. The average Bonchev–Trinajstić information content (AvgIpc) is 3.34.